The van der Waals surface area contributed by atoms with Crippen LogP contribution in [0.25, 0.3) is 0 Å². The highest BCUT2D eigenvalue weighted by Gasteiger charge is 2.17. The zero-order chi connectivity index (χ0) is 13.0. The molecule has 0 amide bonds. The average Bonchev–Trinajstić information content (AvgIpc) is 2.54. The summed E-state index contributed by atoms with van der Waals surface area (Å²) in [6.07, 6.45) is 1.42. The second-order valence-electron chi connectivity index (χ2n) is 5.12. The lowest BCUT2D eigenvalue weighted by Crippen LogP contribution is -2.29. The van der Waals surface area contributed by atoms with Crippen molar-refractivity contribution in [2.75, 3.05) is 26.7 Å². The Hall–Kier alpha value is -0.840. The first-order chi connectivity index (χ1) is 8.69. The van der Waals surface area contributed by atoms with Crippen molar-refractivity contribution in [2.24, 2.45) is 0 Å². The third-order valence-electron chi connectivity index (χ3n) is 3.32. The van der Waals surface area contributed by atoms with Gasteiger partial charge >= 0.3 is 0 Å². The van der Waals surface area contributed by atoms with Crippen molar-refractivity contribution in [1.29, 1.82) is 0 Å². The topological polar surface area (TPSA) is 37.6 Å². The third kappa shape index (κ3) is 3.57. The molecular weight excluding hydrogens is 228 g/mol. The van der Waals surface area contributed by atoms with Gasteiger partial charge < -0.3 is 14.5 Å². The van der Waals surface area contributed by atoms with Crippen LogP contribution < -0.4 is 5.32 Å². The Bertz CT molecular complexity index is 376. The summed E-state index contributed by atoms with van der Waals surface area (Å²) >= 11 is 0. The second-order valence-corrected chi connectivity index (χ2v) is 5.12. The van der Waals surface area contributed by atoms with Gasteiger partial charge in [0.25, 0.3) is 0 Å². The van der Waals surface area contributed by atoms with Gasteiger partial charge in [0, 0.05) is 19.7 Å². The van der Waals surface area contributed by atoms with Crippen LogP contribution in [0.5, 0.6) is 0 Å². The van der Waals surface area contributed by atoms with Crippen LogP contribution in [0.1, 0.15) is 30.4 Å². The Morgan fingerprint density at radius 3 is 3.11 bits per heavy atom. The molecule has 4 heteroatoms. The van der Waals surface area contributed by atoms with Gasteiger partial charge in [-0.05, 0) is 38.9 Å². The Morgan fingerprint density at radius 2 is 2.33 bits per heavy atom. The lowest BCUT2D eigenvalue weighted by Gasteiger charge is -2.20. The molecule has 0 spiro atoms. The predicted octanol–water partition coefficient (Wildman–Crippen LogP) is 1.92. The number of hydrogen-bond donors (Lipinski definition) is 1. The van der Waals surface area contributed by atoms with E-state index in [-0.39, 0.29) is 0 Å². The molecule has 1 atom stereocenters. The molecule has 1 N–H and O–H groups in total. The Labute approximate surface area is 109 Å². The molecule has 1 unspecified atom stereocenters. The van der Waals surface area contributed by atoms with Crippen LogP contribution in [0.4, 0.5) is 0 Å². The van der Waals surface area contributed by atoms with Gasteiger partial charge in [-0.15, -0.1) is 0 Å². The molecule has 0 aliphatic carbocycles. The van der Waals surface area contributed by atoms with Crippen LogP contribution in [0.2, 0.25) is 0 Å². The fourth-order valence-corrected chi connectivity index (χ4v) is 2.45. The summed E-state index contributed by atoms with van der Waals surface area (Å²) in [4.78, 5) is 2.42. The van der Waals surface area contributed by atoms with Gasteiger partial charge in [0.2, 0.25) is 0 Å². The summed E-state index contributed by atoms with van der Waals surface area (Å²) in [6.45, 7) is 8.88. The van der Waals surface area contributed by atoms with Crippen LogP contribution in [-0.4, -0.2) is 37.7 Å². The standard InChI is InChI=1S/C14H24N2O2/c1-11-7-13(18-14(11)8-15-3)10-16-5-4-6-17-12(2)9-16/h7,12,15H,4-6,8-10H2,1-3H3. The van der Waals surface area contributed by atoms with Crippen LogP contribution in [-0.2, 0) is 17.8 Å². The van der Waals surface area contributed by atoms with Gasteiger partial charge in [0.1, 0.15) is 11.5 Å². The quantitative estimate of drug-likeness (QED) is 0.888. The van der Waals surface area contributed by atoms with Gasteiger partial charge in [-0.2, -0.15) is 0 Å². The van der Waals surface area contributed by atoms with Crippen molar-refractivity contribution in [3.8, 4) is 0 Å². The van der Waals surface area contributed by atoms with E-state index in [4.69, 9.17) is 9.15 Å². The zero-order valence-corrected chi connectivity index (χ0v) is 11.7. The predicted molar refractivity (Wildman–Crippen MR) is 71.5 cm³/mol. The zero-order valence-electron chi connectivity index (χ0n) is 11.7. The average molecular weight is 252 g/mol. The second kappa shape index (κ2) is 6.36. The van der Waals surface area contributed by atoms with E-state index in [0.717, 1.165) is 50.7 Å². The summed E-state index contributed by atoms with van der Waals surface area (Å²) in [5.41, 5.74) is 1.23. The number of ether oxygens (including phenoxy) is 1. The van der Waals surface area contributed by atoms with Gasteiger partial charge in [-0.1, -0.05) is 0 Å². The molecule has 4 nitrogen and oxygen atoms in total. The summed E-state index contributed by atoms with van der Waals surface area (Å²) in [7, 11) is 1.94. The Balaban J connectivity index is 1.97. The Morgan fingerprint density at radius 1 is 1.50 bits per heavy atom. The lowest BCUT2D eigenvalue weighted by molar-refractivity contribution is 0.0658. The minimum absolute atomic E-state index is 0.320. The van der Waals surface area contributed by atoms with Gasteiger partial charge in [0.15, 0.2) is 0 Å². The number of nitrogens with one attached hydrogen (secondary N) is 1. The van der Waals surface area contributed by atoms with Crippen LogP contribution in [0.15, 0.2) is 10.5 Å². The molecule has 1 aliphatic rings. The molecular formula is C14H24N2O2. The molecule has 0 saturated carbocycles. The summed E-state index contributed by atoms with van der Waals surface area (Å²) < 4.78 is 11.5. The molecule has 18 heavy (non-hydrogen) atoms. The van der Waals surface area contributed by atoms with Crippen LogP contribution in [0, 0.1) is 6.92 Å². The third-order valence-corrected chi connectivity index (χ3v) is 3.32. The van der Waals surface area contributed by atoms with E-state index in [0.29, 0.717) is 6.10 Å². The Kier molecular flexibility index (Phi) is 4.80. The first kappa shape index (κ1) is 13.6. The summed E-state index contributed by atoms with van der Waals surface area (Å²) in [6, 6.07) is 2.16. The van der Waals surface area contributed by atoms with E-state index in [1.807, 2.05) is 7.05 Å². The van der Waals surface area contributed by atoms with Gasteiger partial charge in [0.05, 0.1) is 19.2 Å². The monoisotopic (exact) mass is 252 g/mol. The molecule has 2 rings (SSSR count). The number of furan rings is 1. The highest BCUT2D eigenvalue weighted by Crippen LogP contribution is 2.17. The molecule has 1 aromatic rings. The summed E-state index contributed by atoms with van der Waals surface area (Å²) in [5.74, 6) is 2.11. The fraction of sp³-hybridized carbons (Fsp3) is 0.714. The van der Waals surface area contributed by atoms with E-state index in [2.05, 4.69) is 30.1 Å². The minimum atomic E-state index is 0.320. The van der Waals surface area contributed by atoms with E-state index in [1.54, 1.807) is 0 Å². The molecule has 0 bridgehead atoms. The molecule has 1 aromatic heterocycles. The van der Waals surface area contributed by atoms with Crippen LogP contribution >= 0.6 is 0 Å². The van der Waals surface area contributed by atoms with E-state index in [9.17, 15) is 0 Å². The van der Waals surface area contributed by atoms with Crippen molar-refractivity contribution in [1.82, 2.24) is 10.2 Å². The number of nitrogens with zero attached hydrogens (tertiary/aromatic N) is 1. The molecule has 102 valence electrons. The van der Waals surface area contributed by atoms with Crippen LogP contribution in [0.3, 0.4) is 0 Å². The minimum Gasteiger partial charge on any atom is -0.463 e. The molecule has 0 aromatic carbocycles. The largest absolute Gasteiger partial charge is 0.463 e. The maximum absolute atomic E-state index is 5.89. The highest BCUT2D eigenvalue weighted by molar-refractivity contribution is 5.20. The summed E-state index contributed by atoms with van der Waals surface area (Å²) in [5, 5.41) is 3.13. The maximum Gasteiger partial charge on any atom is 0.120 e. The molecule has 1 saturated heterocycles. The van der Waals surface area contributed by atoms with Crippen molar-refractivity contribution in [3.63, 3.8) is 0 Å². The molecule has 0 radical (unpaired) electrons. The van der Waals surface area contributed by atoms with Crippen molar-refractivity contribution in [3.05, 3.63) is 23.2 Å². The van der Waals surface area contributed by atoms with Crippen molar-refractivity contribution in [2.45, 2.75) is 39.5 Å². The highest BCUT2D eigenvalue weighted by atomic mass is 16.5. The first-order valence-corrected chi connectivity index (χ1v) is 6.75. The smallest absolute Gasteiger partial charge is 0.120 e. The van der Waals surface area contributed by atoms with Gasteiger partial charge in [-0.3, -0.25) is 4.90 Å². The lowest BCUT2D eigenvalue weighted by atomic mass is 10.2. The fourth-order valence-electron chi connectivity index (χ4n) is 2.45. The maximum atomic E-state index is 5.89. The van der Waals surface area contributed by atoms with Gasteiger partial charge in [-0.25, -0.2) is 0 Å². The number of rotatable bonds is 4. The number of hydrogen-bond acceptors (Lipinski definition) is 4. The first-order valence-electron chi connectivity index (χ1n) is 6.75. The SMILES string of the molecule is CNCc1oc(CN2CCCOC(C)C2)cc1C. The normalized spacial score (nSPS) is 22.1. The number of aryl methyl sites for hydroxylation is 1. The molecule has 1 fully saturated rings. The van der Waals surface area contributed by atoms with E-state index < -0.39 is 0 Å². The van der Waals surface area contributed by atoms with E-state index >= 15 is 0 Å². The molecule has 2 heterocycles. The molecule has 1 aliphatic heterocycles. The van der Waals surface area contributed by atoms with E-state index in [1.165, 1.54) is 5.56 Å². The van der Waals surface area contributed by atoms with Crippen molar-refractivity contribution >= 4 is 0 Å². The van der Waals surface area contributed by atoms with Crippen molar-refractivity contribution < 1.29 is 9.15 Å².